The minimum Gasteiger partial charge on any atom is -0.455 e. The number of anilines is 2. The highest BCUT2D eigenvalue weighted by Crippen LogP contribution is 2.33. The number of halogens is 1. The SMILES string of the molecule is Cc1ccc(S(=O)(=O)Nc2cc(C)cc3c2C(=O)/C(=N\Nc2cc(Cl)ccc2Oc2ccccc2)C=C3)cc1. The Kier molecular flexibility index (Phi) is 7.24. The molecule has 0 radical (unpaired) electrons. The molecule has 7 nitrogen and oxygen atoms in total. The second kappa shape index (κ2) is 10.8. The normalized spacial score (nSPS) is 13.7. The Morgan fingerprint density at radius 1 is 0.821 bits per heavy atom. The number of benzene rings is 4. The quantitative estimate of drug-likeness (QED) is 0.234. The van der Waals surface area contributed by atoms with Crippen LogP contribution in [0.2, 0.25) is 5.02 Å². The van der Waals surface area contributed by atoms with Crippen LogP contribution in [0.15, 0.2) is 101 Å². The zero-order valence-electron chi connectivity index (χ0n) is 21.1. The van der Waals surface area contributed by atoms with Crippen LogP contribution >= 0.6 is 11.6 Å². The van der Waals surface area contributed by atoms with E-state index >= 15 is 0 Å². The first kappa shape index (κ1) is 26.2. The summed E-state index contributed by atoms with van der Waals surface area (Å²) < 4.78 is 34.8. The van der Waals surface area contributed by atoms with Gasteiger partial charge in [0.1, 0.15) is 17.1 Å². The molecule has 1 aliphatic carbocycles. The van der Waals surface area contributed by atoms with Crippen molar-refractivity contribution in [2.75, 3.05) is 10.1 Å². The second-order valence-electron chi connectivity index (χ2n) is 9.02. The van der Waals surface area contributed by atoms with Crippen LogP contribution in [0.3, 0.4) is 0 Å². The van der Waals surface area contributed by atoms with Crippen molar-refractivity contribution in [2.24, 2.45) is 5.10 Å². The molecule has 0 saturated heterocycles. The molecular weight excluding hydrogens is 534 g/mol. The summed E-state index contributed by atoms with van der Waals surface area (Å²) in [4.78, 5) is 13.7. The molecule has 0 bridgehead atoms. The predicted molar refractivity (Wildman–Crippen MR) is 156 cm³/mol. The first-order valence-corrected chi connectivity index (χ1v) is 13.9. The molecule has 0 aliphatic heterocycles. The number of allylic oxidation sites excluding steroid dienone is 1. The summed E-state index contributed by atoms with van der Waals surface area (Å²) in [5.74, 6) is 0.651. The molecule has 9 heteroatoms. The number of rotatable bonds is 7. The number of aryl methyl sites for hydroxylation is 2. The Hall–Kier alpha value is -4.40. The lowest BCUT2D eigenvalue weighted by molar-refractivity contribution is 0.106. The highest BCUT2D eigenvalue weighted by atomic mass is 35.5. The van der Waals surface area contributed by atoms with E-state index in [0.29, 0.717) is 27.8 Å². The number of hydrazone groups is 1. The average Bonchev–Trinajstić information content (AvgIpc) is 2.90. The van der Waals surface area contributed by atoms with Crippen molar-refractivity contribution >= 4 is 50.6 Å². The van der Waals surface area contributed by atoms with Crippen LogP contribution in [0, 0.1) is 13.8 Å². The van der Waals surface area contributed by atoms with Crippen LogP contribution in [0.5, 0.6) is 11.5 Å². The number of ketones is 1. The van der Waals surface area contributed by atoms with E-state index < -0.39 is 15.8 Å². The minimum absolute atomic E-state index is 0.0905. The highest BCUT2D eigenvalue weighted by molar-refractivity contribution is 7.92. The van der Waals surface area contributed by atoms with Crippen LogP contribution in [-0.2, 0) is 10.0 Å². The zero-order valence-corrected chi connectivity index (χ0v) is 22.7. The van der Waals surface area contributed by atoms with E-state index in [-0.39, 0.29) is 21.9 Å². The lowest BCUT2D eigenvalue weighted by atomic mass is 9.92. The third kappa shape index (κ3) is 5.87. The van der Waals surface area contributed by atoms with Gasteiger partial charge in [-0.2, -0.15) is 5.10 Å². The first-order valence-electron chi connectivity index (χ1n) is 12.0. The van der Waals surface area contributed by atoms with E-state index in [1.54, 1.807) is 48.6 Å². The Balaban J connectivity index is 1.45. The van der Waals surface area contributed by atoms with Gasteiger partial charge in [-0.15, -0.1) is 0 Å². The largest absolute Gasteiger partial charge is 0.455 e. The Morgan fingerprint density at radius 3 is 2.31 bits per heavy atom. The Bertz CT molecular complexity index is 1730. The van der Waals surface area contributed by atoms with Crippen LogP contribution in [0.25, 0.3) is 6.08 Å². The smallest absolute Gasteiger partial charge is 0.261 e. The van der Waals surface area contributed by atoms with Gasteiger partial charge in [0.15, 0.2) is 5.75 Å². The summed E-state index contributed by atoms with van der Waals surface area (Å²) in [6, 6.07) is 24.2. The van der Waals surface area contributed by atoms with E-state index in [0.717, 1.165) is 11.1 Å². The van der Waals surface area contributed by atoms with E-state index in [1.165, 1.54) is 12.1 Å². The van der Waals surface area contributed by atoms with E-state index in [1.807, 2.05) is 50.2 Å². The number of carbonyl (C=O) groups excluding carboxylic acids is 1. The van der Waals surface area contributed by atoms with Gasteiger partial charge in [-0.1, -0.05) is 59.6 Å². The third-order valence-corrected chi connectivity index (χ3v) is 7.60. The van der Waals surface area contributed by atoms with Gasteiger partial charge in [0, 0.05) is 5.02 Å². The van der Waals surface area contributed by atoms with Gasteiger partial charge in [0.25, 0.3) is 10.0 Å². The van der Waals surface area contributed by atoms with Crippen molar-refractivity contribution in [1.82, 2.24) is 0 Å². The summed E-state index contributed by atoms with van der Waals surface area (Å²) in [5, 5.41) is 4.77. The van der Waals surface area contributed by atoms with E-state index in [4.69, 9.17) is 16.3 Å². The summed E-state index contributed by atoms with van der Waals surface area (Å²) >= 11 is 6.20. The van der Waals surface area contributed by atoms with Gasteiger partial charge in [-0.25, -0.2) is 8.42 Å². The van der Waals surface area contributed by atoms with Gasteiger partial charge in [-0.05, 0) is 79.6 Å². The van der Waals surface area contributed by atoms with Gasteiger partial charge in [-0.3, -0.25) is 14.9 Å². The van der Waals surface area contributed by atoms with Gasteiger partial charge in [0.05, 0.1) is 16.1 Å². The van der Waals surface area contributed by atoms with Gasteiger partial charge < -0.3 is 4.74 Å². The van der Waals surface area contributed by atoms with Crippen molar-refractivity contribution in [3.8, 4) is 11.5 Å². The van der Waals surface area contributed by atoms with Crippen LogP contribution in [0.4, 0.5) is 11.4 Å². The first-order chi connectivity index (χ1) is 18.7. The Morgan fingerprint density at radius 2 is 1.56 bits per heavy atom. The molecule has 4 aromatic carbocycles. The molecule has 1 aliphatic rings. The predicted octanol–water partition coefficient (Wildman–Crippen LogP) is 7.23. The topological polar surface area (TPSA) is 96.9 Å². The number of para-hydroxylation sites is 1. The average molecular weight is 558 g/mol. The number of hydrogen-bond acceptors (Lipinski definition) is 6. The fourth-order valence-electron chi connectivity index (χ4n) is 4.08. The maximum Gasteiger partial charge on any atom is 0.261 e. The number of Topliss-reactive ketones (excluding diaryl/α,β-unsaturated/α-hetero) is 1. The van der Waals surface area contributed by atoms with Gasteiger partial charge in [0.2, 0.25) is 5.78 Å². The zero-order chi connectivity index (χ0) is 27.6. The molecule has 0 fully saturated rings. The maximum absolute atomic E-state index is 13.6. The number of carbonyl (C=O) groups is 1. The summed E-state index contributed by atoms with van der Waals surface area (Å²) in [6.45, 7) is 3.71. The van der Waals surface area contributed by atoms with Crippen molar-refractivity contribution in [3.63, 3.8) is 0 Å². The van der Waals surface area contributed by atoms with E-state index in [9.17, 15) is 13.2 Å². The number of ether oxygens (including phenoxy) is 1. The molecule has 0 unspecified atom stereocenters. The molecule has 5 rings (SSSR count). The van der Waals surface area contributed by atoms with E-state index in [2.05, 4.69) is 15.2 Å². The molecule has 0 atom stereocenters. The fraction of sp³-hybridized carbons (Fsp3) is 0.0667. The third-order valence-electron chi connectivity index (χ3n) is 5.98. The summed E-state index contributed by atoms with van der Waals surface area (Å²) in [5.41, 5.74) is 6.16. The van der Waals surface area contributed by atoms with Crippen LogP contribution in [-0.4, -0.2) is 19.9 Å². The van der Waals surface area contributed by atoms with Crippen molar-refractivity contribution < 1.29 is 17.9 Å². The fourth-order valence-corrected chi connectivity index (χ4v) is 5.31. The highest BCUT2D eigenvalue weighted by Gasteiger charge is 2.26. The molecule has 2 N–H and O–H groups in total. The molecule has 4 aromatic rings. The lowest BCUT2D eigenvalue weighted by Gasteiger charge is -2.18. The molecule has 196 valence electrons. The number of fused-ring (bicyclic) bond motifs is 1. The molecule has 0 spiro atoms. The number of nitrogens with one attached hydrogen (secondary N) is 2. The maximum atomic E-state index is 13.6. The molecular formula is C30H24ClN3O4S. The number of nitrogens with zero attached hydrogens (tertiary/aromatic N) is 1. The van der Waals surface area contributed by atoms with Crippen LogP contribution < -0.4 is 14.9 Å². The summed E-state index contributed by atoms with van der Waals surface area (Å²) in [7, 11) is -3.93. The summed E-state index contributed by atoms with van der Waals surface area (Å²) in [6.07, 6.45) is 3.31. The minimum atomic E-state index is -3.93. The van der Waals surface area contributed by atoms with Crippen LogP contribution in [0.1, 0.15) is 27.0 Å². The molecule has 0 aromatic heterocycles. The lowest BCUT2D eigenvalue weighted by Crippen LogP contribution is -2.22. The molecule has 0 heterocycles. The number of hydrogen-bond donors (Lipinski definition) is 2. The molecule has 39 heavy (non-hydrogen) atoms. The van der Waals surface area contributed by atoms with Gasteiger partial charge >= 0.3 is 0 Å². The van der Waals surface area contributed by atoms with Crippen molar-refractivity contribution in [3.05, 3.63) is 118 Å². The van der Waals surface area contributed by atoms with Crippen molar-refractivity contribution in [2.45, 2.75) is 18.7 Å². The monoisotopic (exact) mass is 557 g/mol. The number of sulfonamides is 1. The molecule has 0 saturated carbocycles. The Labute approximate surface area is 231 Å². The second-order valence-corrected chi connectivity index (χ2v) is 11.1. The molecule has 0 amide bonds. The standard InChI is InChI=1S/C30H24ClN3O4S/c1-19-8-12-24(13-9-19)39(36,37)34-27-17-20(2)16-21-10-14-25(30(35)29(21)27)32-33-26-18-22(31)11-15-28(26)38-23-6-4-3-5-7-23/h3-18,33-34H,1-2H3/b32-25-. The van der Waals surface area contributed by atoms with Crippen molar-refractivity contribution in [1.29, 1.82) is 0 Å².